The van der Waals surface area contributed by atoms with E-state index < -0.39 is 0 Å². The predicted octanol–water partition coefficient (Wildman–Crippen LogP) is 3.51. The summed E-state index contributed by atoms with van der Waals surface area (Å²) in [5.41, 5.74) is 2.11. The second-order valence-corrected chi connectivity index (χ2v) is 4.80. The lowest BCUT2D eigenvalue weighted by molar-refractivity contribution is 0.497. The lowest BCUT2D eigenvalue weighted by Gasteiger charge is -2.17. The molecule has 102 valence electrons. The van der Waals surface area contributed by atoms with E-state index in [4.69, 9.17) is 4.42 Å². The fraction of sp³-hybridized carbons (Fsp3) is 0.188. The highest BCUT2D eigenvalue weighted by Crippen LogP contribution is 2.20. The van der Waals surface area contributed by atoms with E-state index in [0.29, 0.717) is 0 Å². The second kappa shape index (κ2) is 5.65. The van der Waals surface area contributed by atoms with Crippen LogP contribution in [-0.2, 0) is 6.42 Å². The average molecular weight is 267 g/mol. The summed E-state index contributed by atoms with van der Waals surface area (Å²) in [5.74, 6) is 0.988. The summed E-state index contributed by atoms with van der Waals surface area (Å²) in [6.45, 7) is 2.14. The Kier molecular flexibility index (Phi) is 3.54. The van der Waals surface area contributed by atoms with Gasteiger partial charge in [0.15, 0.2) is 0 Å². The smallest absolute Gasteiger partial charge is 0.105 e. The fourth-order valence-electron chi connectivity index (χ4n) is 2.25. The first-order valence-corrected chi connectivity index (χ1v) is 6.71. The SMILES string of the molecule is CC(Cc1ccco1)Nc1ccccc1-n1cccn1. The number of nitrogens with zero attached hydrogens (tertiary/aromatic N) is 2. The molecule has 3 rings (SSSR count). The third kappa shape index (κ3) is 2.74. The molecule has 0 radical (unpaired) electrons. The standard InChI is InChI=1S/C16H17N3O/c1-13(12-14-6-4-11-20-14)18-15-7-2-3-8-16(15)19-10-5-9-17-19/h2-11,13,18H,12H2,1H3. The van der Waals surface area contributed by atoms with Crippen molar-refractivity contribution in [3.8, 4) is 5.69 Å². The quantitative estimate of drug-likeness (QED) is 0.769. The van der Waals surface area contributed by atoms with Crippen LogP contribution in [0.4, 0.5) is 5.69 Å². The first kappa shape index (κ1) is 12.5. The molecule has 1 unspecified atom stereocenters. The Labute approximate surface area is 118 Å². The summed E-state index contributed by atoms with van der Waals surface area (Å²) in [6.07, 6.45) is 6.28. The van der Waals surface area contributed by atoms with E-state index in [9.17, 15) is 0 Å². The molecule has 0 saturated heterocycles. The van der Waals surface area contributed by atoms with Gasteiger partial charge in [-0.25, -0.2) is 4.68 Å². The van der Waals surface area contributed by atoms with E-state index in [1.807, 2.05) is 41.2 Å². The average Bonchev–Trinajstić information content (AvgIpc) is 3.11. The van der Waals surface area contributed by atoms with Crippen molar-refractivity contribution in [1.82, 2.24) is 9.78 Å². The van der Waals surface area contributed by atoms with Crippen LogP contribution in [0.1, 0.15) is 12.7 Å². The highest BCUT2D eigenvalue weighted by atomic mass is 16.3. The van der Waals surface area contributed by atoms with Gasteiger partial charge >= 0.3 is 0 Å². The molecular formula is C16H17N3O. The summed E-state index contributed by atoms with van der Waals surface area (Å²) in [7, 11) is 0. The first-order chi connectivity index (χ1) is 9.83. The number of rotatable bonds is 5. The van der Waals surface area contributed by atoms with Crippen molar-refractivity contribution in [1.29, 1.82) is 0 Å². The van der Waals surface area contributed by atoms with Gasteiger partial charge in [0, 0.05) is 24.9 Å². The molecule has 1 N–H and O–H groups in total. The molecule has 3 aromatic rings. The van der Waals surface area contributed by atoms with Crippen LogP contribution in [0.3, 0.4) is 0 Å². The Balaban J connectivity index is 1.77. The van der Waals surface area contributed by atoms with Crippen molar-refractivity contribution < 1.29 is 4.42 Å². The van der Waals surface area contributed by atoms with E-state index in [1.165, 1.54) is 0 Å². The van der Waals surface area contributed by atoms with Crippen LogP contribution >= 0.6 is 0 Å². The minimum Gasteiger partial charge on any atom is -0.469 e. The number of para-hydroxylation sites is 2. The van der Waals surface area contributed by atoms with Gasteiger partial charge in [0.25, 0.3) is 0 Å². The second-order valence-electron chi connectivity index (χ2n) is 4.80. The number of benzene rings is 1. The number of anilines is 1. The Hall–Kier alpha value is -2.49. The zero-order valence-corrected chi connectivity index (χ0v) is 11.4. The van der Waals surface area contributed by atoms with Gasteiger partial charge in [-0.3, -0.25) is 0 Å². The van der Waals surface area contributed by atoms with Gasteiger partial charge in [0.2, 0.25) is 0 Å². The van der Waals surface area contributed by atoms with Crippen LogP contribution in [0.2, 0.25) is 0 Å². The minimum absolute atomic E-state index is 0.276. The van der Waals surface area contributed by atoms with Crippen LogP contribution in [0.25, 0.3) is 5.69 Å². The number of aromatic nitrogens is 2. The zero-order chi connectivity index (χ0) is 13.8. The summed E-state index contributed by atoms with van der Waals surface area (Å²) in [6, 6.07) is 14.3. The normalized spacial score (nSPS) is 12.2. The Morgan fingerprint density at radius 1 is 1.20 bits per heavy atom. The van der Waals surface area contributed by atoms with Gasteiger partial charge in [-0.2, -0.15) is 5.10 Å². The topological polar surface area (TPSA) is 43.0 Å². The van der Waals surface area contributed by atoms with Crippen molar-refractivity contribution >= 4 is 5.69 Å². The van der Waals surface area contributed by atoms with Gasteiger partial charge in [0.1, 0.15) is 5.76 Å². The van der Waals surface area contributed by atoms with Crippen molar-refractivity contribution in [3.63, 3.8) is 0 Å². The van der Waals surface area contributed by atoms with Gasteiger partial charge < -0.3 is 9.73 Å². The number of nitrogens with one attached hydrogen (secondary N) is 1. The van der Waals surface area contributed by atoms with Gasteiger partial charge in [-0.05, 0) is 37.3 Å². The lowest BCUT2D eigenvalue weighted by atomic mass is 10.1. The molecule has 0 aliphatic carbocycles. The van der Waals surface area contributed by atoms with E-state index >= 15 is 0 Å². The van der Waals surface area contributed by atoms with Crippen LogP contribution in [0, 0.1) is 0 Å². The van der Waals surface area contributed by atoms with Crippen LogP contribution in [0.5, 0.6) is 0 Å². The monoisotopic (exact) mass is 267 g/mol. The molecule has 0 aliphatic heterocycles. The molecule has 0 aliphatic rings. The summed E-state index contributed by atoms with van der Waals surface area (Å²) >= 11 is 0. The molecular weight excluding hydrogens is 250 g/mol. The molecule has 0 amide bonds. The van der Waals surface area contributed by atoms with Crippen LogP contribution < -0.4 is 5.32 Å². The number of hydrogen-bond donors (Lipinski definition) is 1. The third-order valence-electron chi connectivity index (χ3n) is 3.14. The van der Waals surface area contributed by atoms with Crippen molar-refractivity contribution in [3.05, 3.63) is 66.9 Å². The molecule has 0 spiro atoms. The molecule has 2 aromatic heterocycles. The summed E-state index contributed by atoms with van der Waals surface area (Å²) in [5, 5.41) is 7.80. The van der Waals surface area contributed by atoms with E-state index in [0.717, 1.165) is 23.6 Å². The maximum atomic E-state index is 5.39. The van der Waals surface area contributed by atoms with Crippen molar-refractivity contribution in [2.45, 2.75) is 19.4 Å². The van der Waals surface area contributed by atoms with Crippen LogP contribution in [0.15, 0.2) is 65.5 Å². The summed E-state index contributed by atoms with van der Waals surface area (Å²) < 4.78 is 7.25. The molecule has 1 aromatic carbocycles. The van der Waals surface area contributed by atoms with Gasteiger partial charge in [0.05, 0.1) is 17.6 Å². The zero-order valence-electron chi connectivity index (χ0n) is 11.4. The Bertz CT molecular complexity index is 644. The number of furan rings is 1. The molecule has 2 heterocycles. The summed E-state index contributed by atoms with van der Waals surface area (Å²) in [4.78, 5) is 0. The maximum absolute atomic E-state index is 5.39. The van der Waals surface area contributed by atoms with Gasteiger partial charge in [-0.15, -0.1) is 0 Å². The lowest BCUT2D eigenvalue weighted by Crippen LogP contribution is -2.19. The van der Waals surface area contributed by atoms with E-state index in [1.54, 1.807) is 12.5 Å². The van der Waals surface area contributed by atoms with Gasteiger partial charge in [-0.1, -0.05) is 12.1 Å². The van der Waals surface area contributed by atoms with Crippen LogP contribution in [-0.4, -0.2) is 15.8 Å². The minimum atomic E-state index is 0.276. The van der Waals surface area contributed by atoms with E-state index in [2.05, 4.69) is 29.5 Å². The highest BCUT2D eigenvalue weighted by Gasteiger charge is 2.09. The third-order valence-corrected chi connectivity index (χ3v) is 3.14. The molecule has 20 heavy (non-hydrogen) atoms. The van der Waals surface area contributed by atoms with Crippen molar-refractivity contribution in [2.24, 2.45) is 0 Å². The van der Waals surface area contributed by atoms with E-state index in [-0.39, 0.29) is 6.04 Å². The maximum Gasteiger partial charge on any atom is 0.105 e. The van der Waals surface area contributed by atoms with Crippen molar-refractivity contribution in [2.75, 3.05) is 5.32 Å². The first-order valence-electron chi connectivity index (χ1n) is 6.71. The molecule has 1 atom stereocenters. The largest absolute Gasteiger partial charge is 0.469 e. The Morgan fingerprint density at radius 2 is 2.10 bits per heavy atom. The molecule has 0 fully saturated rings. The molecule has 0 saturated carbocycles. The molecule has 4 nitrogen and oxygen atoms in total. The number of hydrogen-bond acceptors (Lipinski definition) is 3. The fourth-order valence-corrected chi connectivity index (χ4v) is 2.25. The molecule has 0 bridgehead atoms. The predicted molar refractivity (Wildman–Crippen MR) is 79.1 cm³/mol. The Morgan fingerprint density at radius 3 is 2.85 bits per heavy atom. The highest BCUT2D eigenvalue weighted by molar-refractivity contribution is 5.61. The molecule has 4 heteroatoms.